The van der Waals surface area contributed by atoms with Crippen LogP contribution in [0.15, 0.2) is 24.3 Å². The van der Waals surface area contributed by atoms with Crippen molar-refractivity contribution in [1.82, 2.24) is 5.32 Å². The summed E-state index contributed by atoms with van der Waals surface area (Å²) in [6.07, 6.45) is 4.75. The molecular weight excluding hydrogens is 252 g/mol. The van der Waals surface area contributed by atoms with Crippen LogP contribution in [-0.2, 0) is 4.79 Å². The zero-order valence-electron chi connectivity index (χ0n) is 12.5. The summed E-state index contributed by atoms with van der Waals surface area (Å²) in [5.41, 5.74) is 6.52. The SMILES string of the molecule is COc1ccc(C(C)NC(=O)CCCCCCN)cc1. The summed E-state index contributed by atoms with van der Waals surface area (Å²) in [6, 6.07) is 7.79. The lowest BCUT2D eigenvalue weighted by atomic mass is 10.1. The van der Waals surface area contributed by atoms with Crippen LogP contribution < -0.4 is 15.8 Å². The number of carbonyl (C=O) groups is 1. The normalized spacial score (nSPS) is 11.9. The van der Waals surface area contributed by atoms with E-state index in [0.717, 1.165) is 43.5 Å². The summed E-state index contributed by atoms with van der Waals surface area (Å²) >= 11 is 0. The predicted molar refractivity (Wildman–Crippen MR) is 81.7 cm³/mol. The van der Waals surface area contributed by atoms with Crippen molar-refractivity contribution in [3.8, 4) is 5.75 Å². The lowest BCUT2D eigenvalue weighted by Gasteiger charge is -2.14. The standard InChI is InChI=1S/C16H26N2O2/c1-13(14-8-10-15(20-2)11-9-14)18-16(19)7-5-3-4-6-12-17/h8-11,13H,3-7,12,17H2,1-2H3,(H,18,19). The Bertz CT molecular complexity index is 390. The summed E-state index contributed by atoms with van der Waals surface area (Å²) < 4.78 is 5.12. The van der Waals surface area contributed by atoms with Crippen molar-refractivity contribution in [2.45, 2.75) is 45.1 Å². The van der Waals surface area contributed by atoms with Crippen LogP contribution >= 0.6 is 0 Å². The lowest BCUT2D eigenvalue weighted by Crippen LogP contribution is -2.26. The molecule has 20 heavy (non-hydrogen) atoms. The van der Waals surface area contributed by atoms with Gasteiger partial charge in [0.25, 0.3) is 0 Å². The molecular formula is C16H26N2O2. The molecule has 0 radical (unpaired) electrons. The van der Waals surface area contributed by atoms with Gasteiger partial charge in [-0.05, 0) is 44.0 Å². The van der Waals surface area contributed by atoms with Crippen molar-refractivity contribution in [2.24, 2.45) is 5.73 Å². The number of ether oxygens (including phenoxy) is 1. The molecule has 1 aromatic rings. The van der Waals surface area contributed by atoms with Crippen LogP contribution in [0.5, 0.6) is 5.75 Å². The first-order chi connectivity index (χ1) is 9.67. The summed E-state index contributed by atoms with van der Waals surface area (Å²) in [6.45, 7) is 2.73. The average molecular weight is 278 g/mol. The minimum atomic E-state index is 0.0254. The zero-order valence-corrected chi connectivity index (χ0v) is 12.5. The molecule has 0 aliphatic carbocycles. The van der Waals surface area contributed by atoms with E-state index < -0.39 is 0 Å². The molecule has 1 atom stereocenters. The number of rotatable bonds is 9. The molecule has 0 fully saturated rings. The lowest BCUT2D eigenvalue weighted by molar-refractivity contribution is -0.121. The first kappa shape index (κ1) is 16.5. The van der Waals surface area contributed by atoms with Crippen LogP contribution in [-0.4, -0.2) is 19.6 Å². The summed E-state index contributed by atoms with van der Waals surface area (Å²) in [4.78, 5) is 11.8. The van der Waals surface area contributed by atoms with Gasteiger partial charge >= 0.3 is 0 Å². The second-order valence-electron chi connectivity index (χ2n) is 5.02. The van der Waals surface area contributed by atoms with Crippen molar-refractivity contribution >= 4 is 5.91 Å². The molecule has 0 aliphatic heterocycles. The Morgan fingerprint density at radius 2 is 1.85 bits per heavy atom. The van der Waals surface area contributed by atoms with E-state index in [0.29, 0.717) is 6.42 Å². The molecule has 1 amide bonds. The highest BCUT2D eigenvalue weighted by molar-refractivity contribution is 5.76. The Morgan fingerprint density at radius 3 is 2.45 bits per heavy atom. The Labute approximate surface area is 121 Å². The Kier molecular flexibility index (Phi) is 7.73. The highest BCUT2D eigenvalue weighted by Gasteiger charge is 2.09. The fourth-order valence-electron chi connectivity index (χ4n) is 2.07. The monoisotopic (exact) mass is 278 g/mol. The third-order valence-electron chi connectivity index (χ3n) is 3.35. The number of methoxy groups -OCH3 is 1. The highest BCUT2D eigenvalue weighted by atomic mass is 16.5. The van der Waals surface area contributed by atoms with Crippen molar-refractivity contribution in [2.75, 3.05) is 13.7 Å². The number of nitrogens with one attached hydrogen (secondary N) is 1. The van der Waals surface area contributed by atoms with Gasteiger partial charge in [0, 0.05) is 6.42 Å². The molecule has 0 saturated heterocycles. The van der Waals surface area contributed by atoms with Crippen molar-refractivity contribution in [3.05, 3.63) is 29.8 Å². The summed E-state index contributed by atoms with van der Waals surface area (Å²) in [7, 11) is 1.64. The van der Waals surface area contributed by atoms with Gasteiger partial charge in [-0.25, -0.2) is 0 Å². The molecule has 0 spiro atoms. The van der Waals surface area contributed by atoms with E-state index in [1.807, 2.05) is 31.2 Å². The number of hydrogen-bond acceptors (Lipinski definition) is 3. The van der Waals surface area contributed by atoms with Gasteiger partial charge in [0.15, 0.2) is 0 Å². The smallest absolute Gasteiger partial charge is 0.220 e. The summed E-state index contributed by atoms with van der Waals surface area (Å²) in [5, 5.41) is 3.02. The maximum absolute atomic E-state index is 11.8. The number of benzene rings is 1. The maximum atomic E-state index is 11.8. The molecule has 1 aromatic carbocycles. The van der Waals surface area contributed by atoms with Crippen LogP contribution in [0.2, 0.25) is 0 Å². The molecule has 4 heteroatoms. The second kappa shape index (κ2) is 9.37. The van der Waals surface area contributed by atoms with E-state index in [9.17, 15) is 4.79 Å². The van der Waals surface area contributed by atoms with Crippen LogP contribution in [0.4, 0.5) is 0 Å². The van der Waals surface area contributed by atoms with E-state index in [1.165, 1.54) is 0 Å². The molecule has 0 bridgehead atoms. The molecule has 1 unspecified atom stereocenters. The van der Waals surface area contributed by atoms with Gasteiger partial charge in [-0.1, -0.05) is 25.0 Å². The van der Waals surface area contributed by atoms with Gasteiger partial charge in [0.2, 0.25) is 5.91 Å². The van der Waals surface area contributed by atoms with Gasteiger partial charge in [-0.3, -0.25) is 4.79 Å². The Morgan fingerprint density at radius 1 is 1.20 bits per heavy atom. The average Bonchev–Trinajstić information content (AvgIpc) is 2.47. The van der Waals surface area contributed by atoms with Gasteiger partial charge in [-0.15, -0.1) is 0 Å². The van der Waals surface area contributed by atoms with Crippen LogP contribution in [0.1, 0.15) is 50.6 Å². The number of unbranched alkanes of at least 4 members (excludes halogenated alkanes) is 3. The predicted octanol–water partition coefficient (Wildman–Crippen LogP) is 2.78. The van der Waals surface area contributed by atoms with E-state index in [4.69, 9.17) is 10.5 Å². The fourth-order valence-corrected chi connectivity index (χ4v) is 2.07. The van der Waals surface area contributed by atoms with E-state index in [1.54, 1.807) is 7.11 Å². The molecule has 4 nitrogen and oxygen atoms in total. The zero-order chi connectivity index (χ0) is 14.8. The Balaban J connectivity index is 2.29. The number of amides is 1. The molecule has 1 rings (SSSR count). The Hall–Kier alpha value is -1.55. The number of nitrogens with two attached hydrogens (primary N) is 1. The largest absolute Gasteiger partial charge is 0.497 e. The second-order valence-corrected chi connectivity index (χ2v) is 5.02. The fraction of sp³-hybridized carbons (Fsp3) is 0.562. The van der Waals surface area contributed by atoms with Crippen molar-refractivity contribution in [3.63, 3.8) is 0 Å². The van der Waals surface area contributed by atoms with Crippen molar-refractivity contribution < 1.29 is 9.53 Å². The van der Waals surface area contributed by atoms with Crippen molar-refractivity contribution in [1.29, 1.82) is 0 Å². The number of hydrogen-bond donors (Lipinski definition) is 2. The van der Waals surface area contributed by atoms with E-state index in [2.05, 4.69) is 5.32 Å². The van der Waals surface area contributed by atoms with Crippen LogP contribution in [0, 0.1) is 0 Å². The minimum absolute atomic E-state index is 0.0254. The van der Waals surface area contributed by atoms with Gasteiger partial charge < -0.3 is 15.8 Å². The molecule has 0 aromatic heterocycles. The van der Waals surface area contributed by atoms with Crippen LogP contribution in [0.3, 0.4) is 0 Å². The topological polar surface area (TPSA) is 64.3 Å². The quantitative estimate of drug-likeness (QED) is 0.683. The summed E-state index contributed by atoms with van der Waals surface area (Å²) in [5.74, 6) is 0.938. The van der Waals surface area contributed by atoms with Gasteiger partial charge in [-0.2, -0.15) is 0 Å². The highest BCUT2D eigenvalue weighted by Crippen LogP contribution is 2.17. The molecule has 0 saturated carbocycles. The maximum Gasteiger partial charge on any atom is 0.220 e. The first-order valence-electron chi connectivity index (χ1n) is 7.30. The van der Waals surface area contributed by atoms with E-state index in [-0.39, 0.29) is 11.9 Å². The third kappa shape index (κ3) is 6.06. The molecule has 3 N–H and O–H groups in total. The molecule has 0 aliphatic rings. The molecule has 112 valence electrons. The third-order valence-corrected chi connectivity index (χ3v) is 3.35. The van der Waals surface area contributed by atoms with Gasteiger partial charge in [0.1, 0.15) is 5.75 Å². The van der Waals surface area contributed by atoms with E-state index >= 15 is 0 Å². The first-order valence-corrected chi connectivity index (χ1v) is 7.30. The number of carbonyl (C=O) groups excluding carboxylic acids is 1. The molecule has 0 heterocycles. The van der Waals surface area contributed by atoms with Gasteiger partial charge in [0.05, 0.1) is 13.2 Å². The minimum Gasteiger partial charge on any atom is -0.497 e. The van der Waals surface area contributed by atoms with Crippen LogP contribution in [0.25, 0.3) is 0 Å².